The van der Waals surface area contributed by atoms with E-state index < -0.39 is 16.9 Å². The van der Waals surface area contributed by atoms with Crippen LogP contribution in [0.25, 0.3) is 0 Å². The van der Waals surface area contributed by atoms with E-state index in [4.69, 9.17) is 4.74 Å². The van der Waals surface area contributed by atoms with Crippen molar-refractivity contribution in [2.24, 2.45) is 0 Å². The van der Waals surface area contributed by atoms with E-state index in [1.165, 1.54) is 54.6 Å². The standard InChI is InChI=1S/C16H14N2O6/c1-23-15(19)11-7-5-6-10-17(14(11)16(20)24-2)12-8-3-4-9-13(12)18(21)22/h3-10H,1-2H3. The second-order valence-electron chi connectivity index (χ2n) is 4.56. The van der Waals surface area contributed by atoms with Crippen LogP contribution in [0.2, 0.25) is 0 Å². The molecule has 0 atom stereocenters. The molecule has 0 fully saturated rings. The van der Waals surface area contributed by atoms with Crippen molar-refractivity contribution in [2.45, 2.75) is 0 Å². The first kappa shape index (κ1) is 16.9. The molecule has 24 heavy (non-hydrogen) atoms. The van der Waals surface area contributed by atoms with Crippen LogP contribution in [0.4, 0.5) is 11.4 Å². The Kier molecular flexibility index (Phi) is 5.10. The highest BCUT2D eigenvalue weighted by Crippen LogP contribution is 2.33. The number of benzene rings is 1. The van der Waals surface area contributed by atoms with Crippen LogP contribution in [0, 0.1) is 10.1 Å². The number of anilines is 1. The van der Waals surface area contributed by atoms with Gasteiger partial charge in [-0.1, -0.05) is 18.2 Å². The lowest BCUT2D eigenvalue weighted by atomic mass is 10.1. The molecule has 8 heteroatoms. The predicted octanol–water partition coefficient (Wildman–Crippen LogP) is 2.08. The van der Waals surface area contributed by atoms with E-state index in [-0.39, 0.29) is 22.6 Å². The summed E-state index contributed by atoms with van der Waals surface area (Å²) < 4.78 is 9.43. The molecule has 1 aliphatic rings. The average Bonchev–Trinajstić information content (AvgIpc) is 2.83. The minimum absolute atomic E-state index is 0.0764. The fourth-order valence-electron chi connectivity index (χ4n) is 2.17. The molecule has 1 heterocycles. The number of methoxy groups -OCH3 is 2. The van der Waals surface area contributed by atoms with Crippen LogP contribution in [0.15, 0.2) is 60.0 Å². The number of carbonyl (C=O) groups is 2. The molecule has 1 aromatic carbocycles. The van der Waals surface area contributed by atoms with Crippen LogP contribution in [-0.4, -0.2) is 31.1 Å². The average molecular weight is 330 g/mol. The van der Waals surface area contributed by atoms with Gasteiger partial charge in [0.2, 0.25) is 0 Å². The first-order chi connectivity index (χ1) is 11.5. The third-order valence-corrected chi connectivity index (χ3v) is 3.23. The molecule has 1 aliphatic heterocycles. The molecule has 0 radical (unpaired) electrons. The van der Waals surface area contributed by atoms with Gasteiger partial charge in [-0.2, -0.15) is 0 Å². The van der Waals surface area contributed by atoms with Crippen molar-refractivity contribution < 1.29 is 24.0 Å². The van der Waals surface area contributed by atoms with Crippen LogP contribution in [0.1, 0.15) is 0 Å². The number of nitro benzene ring substituents is 1. The molecule has 1 aromatic rings. The van der Waals surface area contributed by atoms with Crippen LogP contribution < -0.4 is 4.90 Å². The summed E-state index contributed by atoms with van der Waals surface area (Å²) in [5.74, 6) is -1.59. The molecule has 0 amide bonds. The Morgan fingerprint density at radius 1 is 1.08 bits per heavy atom. The normalized spacial score (nSPS) is 13.5. The van der Waals surface area contributed by atoms with Gasteiger partial charge in [-0.15, -0.1) is 0 Å². The van der Waals surface area contributed by atoms with Gasteiger partial charge in [0.1, 0.15) is 11.4 Å². The quantitative estimate of drug-likeness (QED) is 0.473. The largest absolute Gasteiger partial charge is 0.465 e. The molecule has 2 rings (SSSR count). The Labute approximate surface area is 137 Å². The van der Waals surface area contributed by atoms with Crippen molar-refractivity contribution in [2.75, 3.05) is 19.1 Å². The minimum atomic E-state index is -0.829. The first-order valence-electron chi connectivity index (χ1n) is 6.79. The second-order valence-corrected chi connectivity index (χ2v) is 4.56. The molecule has 0 unspecified atom stereocenters. The Balaban J connectivity index is 2.73. The van der Waals surface area contributed by atoms with Crippen molar-refractivity contribution in [1.29, 1.82) is 0 Å². The fourth-order valence-corrected chi connectivity index (χ4v) is 2.17. The van der Waals surface area contributed by atoms with Crippen molar-refractivity contribution in [1.82, 2.24) is 0 Å². The number of esters is 2. The Bertz CT molecular complexity index is 779. The summed E-state index contributed by atoms with van der Waals surface area (Å²) in [6.45, 7) is 0. The molecule has 0 saturated carbocycles. The van der Waals surface area contributed by atoms with E-state index in [2.05, 4.69) is 4.74 Å². The third kappa shape index (κ3) is 3.17. The van der Waals surface area contributed by atoms with Crippen molar-refractivity contribution in [3.63, 3.8) is 0 Å². The molecule has 0 saturated heterocycles. The summed E-state index contributed by atoms with van der Waals surface area (Å²) in [6.07, 6.45) is 5.87. The lowest BCUT2D eigenvalue weighted by Crippen LogP contribution is -2.27. The van der Waals surface area contributed by atoms with E-state index in [0.717, 1.165) is 7.11 Å². The van der Waals surface area contributed by atoms with Gasteiger partial charge in [0.25, 0.3) is 5.69 Å². The lowest BCUT2D eigenvalue weighted by molar-refractivity contribution is -0.384. The maximum atomic E-state index is 12.2. The minimum Gasteiger partial charge on any atom is -0.465 e. The molecule has 0 aromatic heterocycles. The van der Waals surface area contributed by atoms with E-state index in [0.29, 0.717) is 0 Å². The van der Waals surface area contributed by atoms with Gasteiger partial charge in [-0.05, 0) is 18.2 Å². The summed E-state index contributed by atoms with van der Waals surface area (Å²) in [7, 11) is 2.33. The number of nitrogens with zero attached hydrogens (tertiary/aromatic N) is 2. The van der Waals surface area contributed by atoms with Gasteiger partial charge >= 0.3 is 11.9 Å². The zero-order valence-electron chi connectivity index (χ0n) is 13.0. The second kappa shape index (κ2) is 7.23. The number of hydrogen-bond donors (Lipinski definition) is 0. The third-order valence-electron chi connectivity index (χ3n) is 3.23. The summed E-state index contributed by atoms with van der Waals surface area (Å²) in [6, 6.07) is 5.85. The van der Waals surface area contributed by atoms with Crippen molar-refractivity contribution >= 4 is 23.3 Å². The summed E-state index contributed by atoms with van der Waals surface area (Å²) in [5, 5.41) is 11.3. The van der Waals surface area contributed by atoms with Crippen LogP contribution in [-0.2, 0) is 19.1 Å². The molecule has 8 nitrogen and oxygen atoms in total. The van der Waals surface area contributed by atoms with Crippen molar-refractivity contribution in [3.8, 4) is 0 Å². The predicted molar refractivity (Wildman–Crippen MR) is 84.9 cm³/mol. The van der Waals surface area contributed by atoms with Gasteiger partial charge in [-0.25, -0.2) is 9.59 Å². The molecule has 0 spiro atoms. The fraction of sp³-hybridized carbons (Fsp3) is 0.125. The Hall–Kier alpha value is -3.42. The van der Waals surface area contributed by atoms with Gasteiger partial charge in [0, 0.05) is 12.3 Å². The van der Waals surface area contributed by atoms with E-state index in [9.17, 15) is 19.7 Å². The summed E-state index contributed by atoms with van der Waals surface area (Å²) in [4.78, 5) is 36.2. The van der Waals surface area contributed by atoms with E-state index in [1.54, 1.807) is 6.07 Å². The van der Waals surface area contributed by atoms with Crippen LogP contribution in [0.5, 0.6) is 0 Å². The lowest BCUT2D eigenvalue weighted by Gasteiger charge is -2.22. The summed E-state index contributed by atoms with van der Waals surface area (Å²) >= 11 is 0. The van der Waals surface area contributed by atoms with Gasteiger partial charge in [-0.3, -0.25) is 10.1 Å². The Morgan fingerprint density at radius 2 is 1.75 bits per heavy atom. The molecule has 0 bridgehead atoms. The maximum absolute atomic E-state index is 12.2. The van der Waals surface area contributed by atoms with Gasteiger partial charge in [0.15, 0.2) is 0 Å². The number of nitro groups is 1. The Morgan fingerprint density at radius 3 is 2.38 bits per heavy atom. The molecule has 0 N–H and O–H groups in total. The highest BCUT2D eigenvalue weighted by molar-refractivity contribution is 6.05. The van der Waals surface area contributed by atoms with E-state index in [1.807, 2.05) is 0 Å². The zero-order valence-corrected chi connectivity index (χ0v) is 13.0. The number of para-hydroxylation sites is 2. The van der Waals surface area contributed by atoms with Gasteiger partial charge < -0.3 is 14.4 Å². The molecular formula is C16H14N2O6. The van der Waals surface area contributed by atoms with Crippen LogP contribution >= 0.6 is 0 Å². The van der Waals surface area contributed by atoms with Crippen LogP contribution in [0.3, 0.4) is 0 Å². The first-order valence-corrected chi connectivity index (χ1v) is 6.79. The maximum Gasteiger partial charge on any atom is 0.355 e. The molecule has 124 valence electrons. The number of allylic oxidation sites excluding steroid dienone is 2. The monoisotopic (exact) mass is 330 g/mol. The number of hydrogen-bond acceptors (Lipinski definition) is 7. The van der Waals surface area contributed by atoms with Gasteiger partial charge in [0.05, 0.1) is 24.7 Å². The molecular weight excluding hydrogens is 316 g/mol. The molecule has 0 aliphatic carbocycles. The van der Waals surface area contributed by atoms with E-state index >= 15 is 0 Å². The highest BCUT2D eigenvalue weighted by Gasteiger charge is 2.30. The topological polar surface area (TPSA) is 99.0 Å². The number of carbonyl (C=O) groups excluding carboxylic acids is 2. The number of ether oxygens (including phenoxy) is 2. The zero-order chi connectivity index (χ0) is 17.7. The highest BCUT2D eigenvalue weighted by atomic mass is 16.6. The smallest absolute Gasteiger partial charge is 0.355 e. The number of rotatable bonds is 4. The van der Waals surface area contributed by atoms with Crippen molar-refractivity contribution in [3.05, 3.63) is 70.1 Å². The SMILES string of the molecule is COC(=O)C1=C(C(=O)OC)N(c2ccccc2[N+](=O)[O-])C=CC=C1. The summed E-state index contributed by atoms with van der Waals surface area (Å²) in [5.41, 5.74) is -0.366.